The van der Waals surface area contributed by atoms with E-state index in [-0.39, 0.29) is 31.1 Å². The average Bonchev–Trinajstić information content (AvgIpc) is 3.28. The van der Waals surface area contributed by atoms with Crippen molar-refractivity contribution < 1.29 is 28.6 Å². The lowest BCUT2D eigenvalue weighted by Crippen LogP contribution is -2.30. The number of unbranched alkanes of at least 4 members (excludes halogenated alkanes) is 36. The van der Waals surface area contributed by atoms with Crippen molar-refractivity contribution in [2.24, 2.45) is 0 Å². The molecule has 0 N–H and O–H groups in total. The van der Waals surface area contributed by atoms with Gasteiger partial charge in [0.2, 0.25) is 0 Å². The molecule has 0 fully saturated rings. The Balaban J connectivity index is 4.36. The SMILES string of the molecule is CCCCCCCC/C=C/CCCCCCCC(=O)OCC(COC(=O)CCCCCCCCCCCCCCCCC)OC(=O)CCCCCCC/C=C/CCCCCCCC. The zero-order valence-corrected chi connectivity index (χ0v) is 42.4. The van der Waals surface area contributed by atoms with Gasteiger partial charge in [0, 0.05) is 19.3 Å². The first-order valence-electron chi connectivity index (χ1n) is 27.8. The summed E-state index contributed by atoms with van der Waals surface area (Å²) in [5.41, 5.74) is 0. The van der Waals surface area contributed by atoms with Crippen LogP contribution in [0.1, 0.15) is 303 Å². The Kier molecular flexibility index (Phi) is 50.8. The summed E-state index contributed by atoms with van der Waals surface area (Å²) in [6.45, 7) is 6.65. The van der Waals surface area contributed by atoms with Gasteiger partial charge in [-0.3, -0.25) is 14.4 Å². The third-order valence-electron chi connectivity index (χ3n) is 12.4. The summed E-state index contributed by atoms with van der Waals surface area (Å²) in [7, 11) is 0. The van der Waals surface area contributed by atoms with Crippen molar-refractivity contribution in [1.29, 1.82) is 0 Å². The van der Waals surface area contributed by atoms with E-state index in [4.69, 9.17) is 14.2 Å². The fraction of sp³-hybridized carbons (Fsp3) is 0.877. The van der Waals surface area contributed by atoms with Crippen LogP contribution in [0.5, 0.6) is 0 Å². The van der Waals surface area contributed by atoms with Gasteiger partial charge in [0.1, 0.15) is 13.2 Å². The van der Waals surface area contributed by atoms with Gasteiger partial charge in [-0.2, -0.15) is 0 Å². The first kappa shape index (κ1) is 60.9. The van der Waals surface area contributed by atoms with E-state index in [9.17, 15) is 14.4 Å². The molecule has 6 heteroatoms. The number of hydrogen-bond acceptors (Lipinski definition) is 6. The summed E-state index contributed by atoms with van der Waals surface area (Å²) in [5, 5.41) is 0. The predicted molar refractivity (Wildman–Crippen MR) is 270 cm³/mol. The quantitative estimate of drug-likeness (QED) is 0.0262. The summed E-state index contributed by atoms with van der Waals surface area (Å²) in [6.07, 6.45) is 60.2. The molecule has 0 aliphatic rings. The highest BCUT2D eigenvalue weighted by Crippen LogP contribution is 2.16. The van der Waals surface area contributed by atoms with Crippen molar-refractivity contribution in [1.82, 2.24) is 0 Å². The van der Waals surface area contributed by atoms with E-state index in [2.05, 4.69) is 45.1 Å². The Morgan fingerprint density at radius 3 is 0.794 bits per heavy atom. The molecule has 370 valence electrons. The monoisotopic (exact) mass is 887 g/mol. The summed E-state index contributed by atoms with van der Waals surface area (Å²) in [6, 6.07) is 0. The Hall–Kier alpha value is -2.11. The van der Waals surface area contributed by atoms with Crippen molar-refractivity contribution in [2.75, 3.05) is 13.2 Å². The average molecular weight is 887 g/mol. The Morgan fingerprint density at radius 1 is 0.302 bits per heavy atom. The van der Waals surface area contributed by atoms with Crippen LogP contribution in [0.4, 0.5) is 0 Å². The smallest absolute Gasteiger partial charge is 0.306 e. The van der Waals surface area contributed by atoms with Crippen LogP contribution < -0.4 is 0 Å². The van der Waals surface area contributed by atoms with Crippen LogP contribution in [0.3, 0.4) is 0 Å². The fourth-order valence-electron chi connectivity index (χ4n) is 8.20. The predicted octanol–water partition coefficient (Wildman–Crippen LogP) is 18.3. The Bertz CT molecular complexity index is 1020. The van der Waals surface area contributed by atoms with E-state index in [0.29, 0.717) is 19.3 Å². The minimum absolute atomic E-state index is 0.0730. The third-order valence-corrected chi connectivity index (χ3v) is 12.4. The molecule has 0 aromatic rings. The van der Waals surface area contributed by atoms with Crippen molar-refractivity contribution in [3.63, 3.8) is 0 Å². The van der Waals surface area contributed by atoms with Gasteiger partial charge in [0.05, 0.1) is 0 Å². The molecular weight excluding hydrogens is 781 g/mol. The molecule has 0 rings (SSSR count). The molecule has 0 radical (unpaired) electrons. The topological polar surface area (TPSA) is 78.9 Å². The molecule has 63 heavy (non-hydrogen) atoms. The number of carbonyl (C=O) groups excluding carboxylic acids is 3. The number of esters is 3. The molecule has 0 spiro atoms. The molecule has 0 saturated heterocycles. The number of allylic oxidation sites excluding steroid dienone is 4. The maximum absolute atomic E-state index is 12.8. The highest BCUT2D eigenvalue weighted by molar-refractivity contribution is 5.71. The first-order chi connectivity index (χ1) is 31.0. The van der Waals surface area contributed by atoms with E-state index in [1.807, 2.05) is 0 Å². The molecule has 0 aliphatic carbocycles. The number of carbonyl (C=O) groups is 3. The molecule has 1 atom stereocenters. The van der Waals surface area contributed by atoms with E-state index >= 15 is 0 Å². The normalized spacial score (nSPS) is 12.1. The second-order valence-corrected chi connectivity index (χ2v) is 18.8. The number of rotatable bonds is 51. The molecule has 0 bridgehead atoms. The minimum atomic E-state index is -0.774. The molecule has 0 aromatic carbocycles. The van der Waals surface area contributed by atoms with Crippen LogP contribution in [-0.2, 0) is 28.6 Å². The highest BCUT2D eigenvalue weighted by atomic mass is 16.6. The van der Waals surface area contributed by atoms with Gasteiger partial charge in [0.15, 0.2) is 6.10 Å². The van der Waals surface area contributed by atoms with Crippen LogP contribution in [0.15, 0.2) is 24.3 Å². The lowest BCUT2D eigenvalue weighted by atomic mass is 10.0. The molecule has 6 nitrogen and oxygen atoms in total. The summed E-state index contributed by atoms with van der Waals surface area (Å²) < 4.78 is 16.8. The lowest BCUT2D eigenvalue weighted by molar-refractivity contribution is -0.167. The lowest BCUT2D eigenvalue weighted by Gasteiger charge is -2.18. The van der Waals surface area contributed by atoms with Gasteiger partial charge in [-0.25, -0.2) is 0 Å². The fourth-order valence-corrected chi connectivity index (χ4v) is 8.20. The van der Waals surface area contributed by atoms with Gasteiger partial charge in [-0.1, -0.05) is 238 Å². The minimum Gasteiger partial charge on any atom is -0.462 e. The third kappa shape index (κ3) is 50.7. The second-order valence-electron chi connectivity index (χ2n) is 18.8. The molecule has 0 amide bonds. The second kappa shape index (κ2) is 52.5. The molecule has 0 aliphatic heterocycles. The Labute approximate surface area is 392 Å². The van der Waals surface area contributed by atoms with Crippen LogP contribution in [0, 0.1) is 0 Å². The van der Waals surface area contributed by atoms with E-state index in [1.165, 1.54) is 193 Å². The molecule has 0 heterocycles. The largest absolute Gasteiger partial charge is 0.462 e. The van der Waals surface area contributed by atoms with E-state index in [0.717, 1.165) is 70.6 Å². The van der Waals surface area contributed by atoms with Gasteiger partial charge < -0.3 is 14.2 Å². The summed E-state index contributed by atoms with van der Waals surface area (Å²) in [5.74, 6) is -0.873. The molecule has 0 aromatic heterocycles. The van der Waals surface area contributed by atoms with Crippen molar-refractivity contribution in [2.45, 2.75) is 309 Å². The van der Waals surface area contributed by atoms with Gasteiger partial charge in [-0.15, -0.1) is 0 Å². The van der Waals surface area contributed by atoms with E-state index in [1.54, 1.807) is 0 Å². The van der Waals surface area contributed by atoms with Crippen LogP contribution in [0.25, 0.3) is 0 Å². The van der Waals surface area contributed by atoms with Gasteiger partial charge in [-0.05, 0) is 70.6 Å². The van der Waals surface area contributed by atoms with Crippen LogP contribution in [0.2, 0.25) is 0 Å². The molecule has 0 saturated carbocycles. The maximum atomic E-state index is 12.8. The van der Waals surface area contributed by atoms with Gasteiger partial charge in [0.25, 0.3) is 0 Å². The number of ether oxygens (including phenoxy) is 3. The zero-order chi connectivity index (χ0) is 45.8. The highest BCUT2D eigenvalue weighted by Gasteiger charge is 2.19. The van der Waals surface area contributed by atoms with E-state index < -0.39 is 6.10 Å². The molecule has 1 unspecified atom stereocenters. The van der Waals surface area contributed by atoms with Crippen molar-refractivity contribution in [3.8, 4) is 0 Å². The zero-order valence-electron chi connectivity index (χ0n) is 42.4. The first-order valence-corrected chi connectivity index (χ1v) is 27.8. The standard InChI is InChI=1S/C57H106O6/c1-4-7-10-13-16-19-22-25-28-31-34-37-40-43-46-49-55(58)61-52-54(63-57(60)51-48-45-42-39-36-33-30-27-24-21-18-15-12-9-6-3)53-62-56(59)50-47-44-41-38-35-32-29-26-23-20-17-14-11-8-5-2/h25,27-28,30,54H,4-24,26,29,31-53H2,1-3H3/b28-25+,30-27+. The van der Waals surface area contributed by atoms with Crippen LogP contribution in [-0.4, -0.2) is 37.2 Å². The summed E-state index contributed by atoms with van der Waals surface area (Å²) in [4.78, 5) is 38.1. The van der Waals surface area contributed by atoms with Crippen molar-refractivity contribution >= 4 is 17.9 Å². The number of hydrogen-bond donors (Lipinski definition) is 0. The Morgan fingerprint density at radius 2 is 0.524 bits per heavy atom. The van der Waals surface area contributed by atoms with Crippen LogP contribution >= 0.6 is 0 Å². The maximum Gasteiger partial charge on any atom is 0.306 e. The summed E-state index contributed by atoms with van der Waals surface area (Å²) >= 11 is 0. The van der Waals surface area contributed by atoms with Gasteiger partial charge >= 0.3 is 17.9 Å². The molecular formula is C57H106O6. The van der Waals surface area contributed by atoms with Crippen molar-refractivity contribution in [3.05, 3.63) is 24.3 Å².